The Morgan fingerprint density at radius 2 is 1.76 bits per heavy atom. The maximum Gasteiger partial charge on any atom is 0.0582 e. The highest BCUT2D eigenvalue weighted by Crippen LogP contribution is 2.34. The van der Waals surface area contributed by atoms with Gasteiger partial charge in [-0.15, -0.1) is 0 Å². The number of halogens is 1. The first-order valence-corrected chi connectivity index (χ1v) is 7.56. The molecule has 0 radical (unpaired) electrons. The predicted octanol–water partition coefficient (Wildman–Crippen LogP) is 4.45. The highest BCUT2D eigenvalue weighted by molar-refractivity contribution is 9.09. The summed E-state index contributed by atoms with van der Waals surface area (Å²) in [5, 5.41) is 10.3. The third-order valence-electron chi connectivity index (χ3n) is 3.80. The Balaban J connectivity index is 1.87. The molecule has 0 bridgehead atoms. The zero-order chi connectivity index (χ0) is 12.1. The highest BCUT2D eigenvalue weighted by Gasteiger charge is 2.24. The van der Waals surface area contributed by atoms with Crippen molar-refractivity contribution in [1.82, 2.24) is 0 Å². The van der Waals surface area contributed by atoms with Crippen LogP contribution in [0.4, 0.5) is 0 Å². The lowest BCUT2D eigenvalue weighted by molar-refractivity contribution is 0.0773. The maximum atomic E-state index is 10.3. The van der Waals surface area contributed by atoms with E-state index in [0.717, 1.165) is 6.42 Å². The number of hydrogen-bond acceptors (Lipinski definition) is 1. The molecule has 2 atom stereocenters. The molecular weight excluding hydrogens is 276 g/mol. The van der Waals surface area contributed by atoms with Crippen LogP contribution in [-0.4, -0.2) is 11.2 Å². The molecule has 0 aliphatic heterocycles. The Bertz CT molecular complexity index is 319. The Morgan fingerprint density at radius 3 is 2.41 bits per heavy atom. The van der Waals surface area contributed by atoms with Gasteiger partial charge in [-0.2, -0.15) is 0 Å². The fourth-order valence-electron chi connectivity index (χ4n) is 2.72. The van der Waals surface area contributed by atoms with E-state index in [1.54, 1.807) is 0 Å². The van der Waals surface area contributed by atoms with Gasteiger partial charge in [-0.25, -0.2) is 0 Å². The van der Waals surface area contributed by atoms with Gasteiger partial charge in [0.1, 0.15) is 0 Å². The van der Waals surface area contributed by atoms with Crippen molar-refractivity contribution in [2.24, 2.45) is 5.92 Å². The van der Waals surface area contributed by atoms with E-state index in [4.69, 9.17) is 0 Å². The molecule has 2 heteroatoms. The van der Waals surface area contributed by atoms with E-state index >= 15 is 0 Å². The Morgan fingerprint density at radius 1 is 1.12 bits per heavy atom. The summed E-state index contributed by atoms with van der Waals surface area (Å²) in [4.78, 5) is 0.278. The minimum atomic E-state index is -0.153. The Labute approximate surface area is 112 Å². The molecule has 1 aromatic rings. The van der Waals surface area contributed by atoms with Gasteiger partial charge in [0.2, 0.25) is 0 Å². The summed E-state index contributed by atoms with van der Waals surface area (Å²) in [5.74, 6) is 0.521. The van der Waals surface area contributed by atoms with Crippen LogP contribution in [0.3, 0.4) is 0 Å². The van der Waals surface area contributed by atoms with E-state index in [0.29, 0.717) is 5.92 Å². The van der Waals surface area contributed by atoms with Crippen LogP contribution in [0.25, 0.3) is 0 Å². The summed E-state index contributed by atoms with van der Waals surface area (Å²) in [6.45, 7) is 0. The largest absolute Gasteiger partial charge is 0.393 e. The van der Waals surface area contributed by atoms with Gasteiger partial charge in [0, 0.05) is 4.83 Å². The molecule has 1 fully saturated rings. The average Bonchev–Trinajstić information content (AvgIpc) is 2.40. The second-order valence-corrected chi connectivity index (χ2v) is 6.18. The van der Waals surface area contributed by atoms with Crippen LogP contribution in [0, 0.1) is 5.92 Å². The fraction of sp³-hybridized carbons (Fsp3) is 0.600. The summed E-state index contributed by atoms with van der Waals surface area (Å²) in [6.07, 6.45) is 7.01. The Hall–Kier alpha value is -0.340. The molecule has 1 N–H and O–H groups in total. The number of aliphatic hydroxyl groups excluding tert-OH is 1. The van der Waals surface area contributed by atoms with E-state index in [2.05, 4.69) is 40.2 Å². The molecule has 1 aromatic carbocycles. The molecule has 1 aliphatic carbocycles. The quantitative estimate of drug-likeness (QED) is 0.814. The normalized spacial score (nSPS) is 21.1. The van der Waals surface area contributed by atoms with Crippen LogP contribution in [-0.2, 0) is 0 Å². The van der Waals surface area contributed by atoms with Crippen molar-refractivity contribution in [3.05, 3.63) is 35.9 Å². The first-order chi connectivity index (χ1) is 8.27. The van der Waals surface area contributed by atoms with Crippen molar-refractivity contribution in [3.63, 3.8) is 0 Å². The molecule has 94 valence electrons. The predicted molar refractivity (Wildman–Crippen MR) is 75.3 cm³/mol. The van der Waals surface area contributed by atoms with Gasteiger partial charge >= 0.3 is 0 Å². The van der Waals surface area contributed by atoms with Crippen LogP contribution >= 0.6 is 15.9 Å². The first kappa shape index (κ1) is 13.1. The van der Waals surface area contributed by atoms with E-state index < -0.39 is 0 Å². The van der Waals surface area contributed by atoms with Gasteiger partial charge in [-0.3, -0.25) is 0 Å². The van der Waals surface area contributed by atoms with E-state index in [-0.39, 0.29) is 10.9 Å². The third-order valence-corrected chi connectivity index (χ3v) is 4.71. The van der Waals surface area contributed by atoms with E-state index in [1.165, 1.54) is 37.7 Å². The van der Waals surface area contributed by atoms with Gasteiger partial charge < -0.3 is 5.11 Å². The van der Waals surface area contributed by atoms with Crippen molar-refractivity contribution < 1.29 is 5.11 Å². The van der Waals surface area contributed by atoms with Crippen LogP contribution in [0.5, 0.6) is 0 Å². The molecule has 0 unspecified atom stereocenters. The first-order valence-electron chi connectivity index (χ1n) is 6.64. The van der Waals surface area contributed by atoms with Crippen LogP contribution < -0.4 is 0 Å². The van der Waals surface area contributed by atoms with E-state index in [9.17, 15) is 5.11 Å². The van der Waals surface area contributed by atoms with Gasteiger partial charge in [-0.05, 0) is 30.7 Å². The lowest BCUT2D eigenvalue weighted by Gasteiger charge is -2.28. The number of alkyl halides is 1. The van der Waals surface area contributed by atoms with Gasteiger partial charge in [-0.1, -0.05) is 65.5 Å². The molecule has 17 heavy (non-hydrogen) atoms. The monoisotopic (exact) mass is 296 g/mol. The zero-order valence-corrected chi connectivity index (χ0v) is 11.8. The zero-order valence-electron chi connectivity index (χ0n) is 10.2. The SMILES string of the molecule is O[C@@H](C[C@@H](Br)c1ccccc1)C1CCCCC1. The van der Waals surface area contributed by atoms with Crippen LogP contribution in [0.15, 0.2) is 30.3 Å². The minimum Gasteiger partial charge on any atom is -0.393 e. The van der Waals surface area contributed by atoms with Crippen LogP contribution in [0.1, 0.15) is 48.9 Å². The molecule has 0 saturated heterocycles. The van der Waals surface area contributed by atoms with Gasteiger partial charge in [0.15, 0.2) is 0 Å². The number of rotatable bonds is 4. The molecule has 0 amide bonds. The summed E-state index contributed by atoms with van der Waals surface area (Å²) in [5.41, 5.74) is 1.27. The third kappa shape index (κ3) is 3.82. The summed E-state index contributed by atoms with van der Waals surface area (Å²) in [6, 6.07) is 10.4. The molecule has 0 spiro atoms. The number of aliphatic hydroxyl groups is 1. The molecule has 0 heterocycles. The second-order valence-electron chi connectivity index (χ2n) is 5.08. The smallest absolute Gasteiger partial charge is 0.0582 e. The molecule has 0 aromatic heterocycles. The summed E-state index contributed by atoms with van der Waals surface area (Å²) in [7, 11) is 0. The van der Waals surface area contributed by atoms with Gasteiger partial charge in [0.25, 0.3) is 0 Å². The topological polar surface area (TPSA) is 20.2 Å². The minimum absolute atomic E-state index is 0.153. The van der Waals surface area contributed by atoms with Crippen molar-refractivity contribution in [3.8, 4) is 0 Å². The van der Waals surface area contributed by atoms with Gasteiger partial charge in [0.05, 0.1) is 6.10 Å². The second kappa shape index (κ2) is 6.55. The number of benzene rings is 1. The average molecular weight is 297 g/mol. The fourth-order valence-corrected chi connectivity index (χ4v) is 3.41. The summed E-state index contributed by atoms with van der Waals surface area (Å²) >= 11 is 3.69. The molecule has 2 rings (SSSR count). The molecule has 1 nitrogen and oxygen atoms in total. The lowest BCUT2D eigenvalue weighted by Crippen LogP contribution is -2.23. The Kier molecular flexibility index (Phi) is 5.05. The van der Waals surface area contributed by atoms with Crippen molar-refractivity contribution in [2.45, 2.75) is 49.5 Å². The van der Waals surface area contributed by atoms with Crippen LogP contribution in [0.2, 0.25) is 0 Å². The maximum absolute atomic E-state index is 10.3. The molecule has 1 aliphatic rings. The van der Waals surface area contributed by atoms with Crippen molar-refractivity contribution >= 4 is 15.9 Å². The van der Waals surface area contributed by atoms with E-state index in [1.807, 2.05) is 6.07 Å². The van der Waals surface area contributed by atoms with Crippen molar-refractivity contribution in [1.29, 1.82) is 0 Å². The molecular formula is C15H21BrO. The highest BCUT2D eigenvalue weighted by atomic mass is 79.9. The lowest BCUT2D eigenvalue weighted by atomic mass is 9.83. The summed E-state index contributed by atoms with van der Waals surface area (Å²) < 4.78 is 0. The number of hydrogen-bond donors (Lipinski definition) is 1. The standard InChI is InChI=1S/C15H21BrO/c16-14(12-7-3-1-4-8-12)11-15(17)13-9-5-2-6-10-13/h1,3-4,7-8,13-15,17H,2,5-6,9-11H2/t14-,15+/m1/s1. The molecule has 1 saturated carbocycles. The van der Waals surface area contributed by atoms with Crippen molar-refractivity contribution in [2.75, 3.05) is 0 Å².